The average Bonchev–Trinajstić information content (AvgIpc) is 3.40. The minimum atomic E-state index is -0.271. The van der Waals surface area contributed by atoms with Crippen molar-refractivity contribution in [2.75, 3.05) is 50.5 Å². The number of ether oxygens (including phenoxy) is 1. The Hall–Kier alpha value is -3.63. The van der Waals surface area contributed by atoms with Crippen molar-refractivity contribution in [3.8, 4) is 11.1 Å². The number of carbonyl (C=O) groups is 1. The predicted molar refractivity (Wildman–Crippen MR) is 151 cm³/mol. The van der Waals surface area contributed by atoms with Gasteiger partial charge in [0.05, 0.1) is 29.9 Å². The molecule has 4 heterocycles. The highest BCUT2D eigenvalue weighted by Gasteiger charge is 2.31. The van der Waals surface area contributed by atoms with Crippen molar-refractivity contribution in [3.05, 3.63) is 58.7 Å². The molecule has 10 heteroatoms. The highest BCUT2D eigenvalue weighted by molar-refractivity contribution is 7.99. The van der Waals surface area contributed by atoms with E-state index >= 15 is 0 Å². The smallest absolute Gasteiger partial charge is 0.350 e. The molecule has 1 atom stereocenters. The van der Waals surface area contributed by atoms with Crippen molar-refractivity contribution in [1.82, 2.24) is 24.6 Å². The predicted octanol–water partition coefficient (Wildman–Crippen LogP) is 3.68. The van der Waals surface area contributed by atoms with Crippen molar-refractivity contribution >= 4 is 45.3 Å². The maximum Gasteiger partial charge on any atom is 0.350 e. The number of nitrogens with one attached hydrogen (secondary N) is 1. The van der Waals surface area contributed by atoms with E-state index in [1.165, 1.54) is 6.08 Å². The molecule has 9 nitrogen and oxygen atoms in total. The molecule has 2 aromatic carbocycles. The Morgan fingerprint density at radius 3 is 2.74 bits per heavy atom. The van der Waals surface area contributed by atoms with Crippen molar-refractivity contribution in [2.24, 2.45) is 0 Å². The van der Waals surface area contributed by atoms with Gasteiger partial charge in [0.2, 0.25) is 5.91 Å². The first kappa shape index (κ1) is 24.7. The number of aromatic amines is 1. The van der Waals surface area contributed by atoms with Crippen LogP contribution in [0, 0.1) is 13.8 Å². The minimum absolute atomic E-state index is 0.0720. The Balaban J connectivity index is 1.60. The van der Waals surface area contributed by atoms with Gasteiger partial charge >= 0.3 is 5.69 Å². The Morgan fingerprint density at radius 1 is 1.21 bits per heavy atom. The summed E-state index contributed by atoms with van der Waals surface area (Å²) in [6, 6.07) is 6.25. The van der Waals surface area contributed by atoms with Crippen LogP contribution < -0.4 is 10.6 Å². The van der Waals surface area contributed by atoms with Crippen LogP contribution in [0.1, 0.15) is 17.2 Å². The molecule has 196 valence electrons. The third kappa shape index (κ3) is 3.82. The molecule has 2 aromatic heterocycles. The molecule has 0 radical (unpaired) electrons. The number of piperazine rings is 1. The first-order valence-corrected chi connectivity index (χ1v) is 13.7. The normalized spacial score (nSPS) is 17.4. The molecular weight excluding hydrogens is 500 g/mol. The zero-order valence-electron chi connectivity index (χ0n) is 21.8. The number of carbonyl (C=O) groups excluding carboxylic acids is 1. The molecular formula is C28H30N6O3S. The van der Waals surface area contributed by atoms with Crippen LogP contribution in [0.4, 0.5) is 5.82 Å². The van der Waals surface area contributed by atoms with Gasteiger partial charge in [-0.15, -0.1) is 11.8 Å². The lowest BCUT2D eigenvalue weighted by atomic mass is 9.92. The topological polar surface area (TPSA) is 96.4 Å². The fourth-order valence-corrected chi connectivity index (χ4v) is 7.15. The first-order chi connectivity index (χ1) is 18.4. The molecule has 1 N–H and O–H groups in total. The molecule has 2 aliphatic rings. The fourth-order valence-electron chi connectivity index (χ4n) is 5.79. The van der Waals surface area contributed by atoms with Crippen LogP contribution in [0.3, 0.4) is 0 Å². The summed E-state index contributed by atoms with van der Waals surface area (Å²) in [5, 5.41) is 9.51. The molecule has 0 saturated carbocycles. The van der Waals surface area contributed by atoms with Gasteiger partial charge < -0.3 is 14.5 Å². The largest absolute Gasteiger partial charge is 0.383 e. The van der Waals surface area contributed by atoms with Crippen molar-refractivity contribution in [1.29, 1.82) is 0 Å². The number of thioether (sulfide) groups is 1. The summed E-state index contributed by atoms with van der Waals surface area (Å²) in [4.78, 5) is 35.4. The molecule has 0 bridgehead atoms. The van der Waals surface area contributed by atoms with Gasteiger partial charge in [-0.25, -0.2) is 4.79 Å². The van der Waals surface area contributed by atoms with Gasteiger partial charge in [0.1, 0.15) is 5.82 Å². The van der Waals surface area contributed by atoms with Crippen LogP contribution in [-0.4, -0.2) is 76.2 Å². The number of aryl methyl sites for hydroxylation is 2. The molecule has 4 aromatic rings. The summed E-state index contributed by atoms with van der Waals surface area (Å²) in [7, 11) is 1.66. The summed E-state index contributed by atoms with van der Waals surface area (Å²) in [5.41, 5.74) is 6.12. The monoisotopic (exact) mass is 530 g/mol. The SMILES string of the molecule is C=CC(=O)N1CCN(c2nc(=O)n3c4c(c(-c5c(C)ccc6cn[nH]c56)c(C)cc24)SCC3COC)CC1. The number of fused-ring (bicyclic) bond motifs is 1. The second-order valence-corrected chi connectivity index (χ2v) is 10.9. The zero-order chi connectivity index (χ0) is 26.6. The summed E-state index contributed by atoms with van der Waals surface area (Å²) in [5.74, 6) is 1.32. The molecule has 2 aliphatic heterocycles. The maximum atomic E-state index is 13.7. The number of aromatic nitrogens is 4. The summed E-state index contributed by atoms with van der Waals surface area (Å²) < 4.78 is 7.34. The molecule has 1 fully saturated rings. The van der Waals surface area contributed by atoms with Crippen LogP contribution in [0.15, 0.2) is 46.7 Å². The van der Waals surface area contributed by atoms with Gasteiger partial charge in [-0.3, -0.25) is 14.5 Å². The van der Waals surface area contributed by atoms with Gasteiger partial charge in [-0.1, -0.05) is 18.7 Å². The minimum Gasteiger partial charge on any atom is -0.383 e. The Bertz CT molecular complexity index is 1650. The van der Waals surface area contributed by atoms with Crippen molar-refractivity contribution < 1.29 is 9.53 Å². The number of nitrogens with zero attached hydrogens (tertiary/aromatic N) is 5. The van der Waals surface area contributed by atoms with Gasteiger partial charge in [0.25, 0.3) is 0 Å². The molecule has 1 unspecified atom stereocenters. The standard InChI is InChI=1S/C28H30N6O3S/c1-5-21(35)32-8-10-33(11-9-32)27-20-12-17(3)23(22-16(2)6-7-18-13-29-31-24(18)22)26-25(20)34(28(36)30-27)19(14-37-4)15-38-26/h5-7,12-13,19H,1,8-11,14-15H2,2-4H3,(H,29,31). The molecule has 1 saturated heterocycles. The second kappa shape index (κ2) is 9.59. The number of methoxy groups -OCH3 is 1. The lowest BCUT2D eigenvalue weighted by Gasteiger charge is -2.36. The third-order valence-electron chi connectivity index (χ3n) is 7.63. The summed E-state index contributed by atoms with van der Waals surface area (Å²) >= 11 is 1.77. The molecule has 0 spiro atoms. The lowest BCUT2D eigenvalue weighted by Crippen LogP contribution is -2.49. The molecule has 1 amide bonds. The number of hydrogen-bond acceptors (Lipinski definition) is 7. The first-order valence-electron chi connectivity index (χ1n) is 12.7. The van der Waals surface area contributed by atoms with Crippen LogP contribution in [0.25, 0.3) is 32.9 Å². The van der Waals surface area contributed by atoms with Crippen LogP contribution in [0.2, 0.25) is 0 Å². The maximum absolute atomic E-state index is 13.7. The highest BCUT2D eigenvalue weighted by atomic mass is 32.2. The van der Waals surface area contributed by atoms with Gasteiger partial charge in [-0.2, -0.15) is 10.1 Å². The van der Waals surface area contributed by atoms with E-state index in [1.54, 1.807) is 23.8 Å². The van der Waals surface area contributed by atoms with Crippen molar-refractivity contribution in [2.45, 2.75) is 24.8 Å². The summed E-state index contributed by atoms with van der Waals surface area (Å²) in [6.07, 6.45) is 3.19. The number of benzene rings is 2. The van der Waals surface area contributed by atoms with Crippen LogP contribution >= 0.6 is 11.8 Å². The Labute approximate surface area is 224 Å². The number of H-pyrrole nitrogens is 1. The molecule has 38 heavy (non-hydrogen) atoms. The van der Waals surface area contributed by atoms with E-state index in [2.05, 4.69) is 58.7 Å². The average molecular weight is 531 g/mol. The van der Waals surface area contributed by atoms with E-state index in [1.807, 2.05) is 10.8 Å². The van der Waals surface area contributed by atoms with Crippen LogP contribution in [-0.2, 0) is 9.53 Å². The van der Waals surface area contributed by atoms with E-state index in [4.69, 9.17) is 4.74 Å². The van der Waals surface area contributed by atoms with Crippen molar-refractivity contribution in [3.63, 3.8) is 0 Å². The molecule has 6 rings (SSSR count). The van der Waals surface area contributed by atoms with Gasteiger partial charge in [0, 0.05) is 65.8 Å². The van der Waals surface area contributed by atoms with E-state index < -0.39 is 0 Å². The lowest BCUT2D eigenvalue weighted by molar-refractivity contribution is -0.126. The van der Waals surface area contributed by atoms with E-state index in [0.29, 0.717) is 44.4 Å². The second-order valence-electron chi connectivity index (χ2n) is 9.91. The van der Waals surface area contributed by atoms with E-state index in [0.717, 1.165) is 49.0 Å². The number of hydrogen-bond donors (Lipinski definition) is 1. The van der Waals surface area contributed by atoms with E-state index in [-0.39, 0.29) is 17.6 Å². The third-order valence-corrected chi connectivity index (χ3v) is 8.87. The van der Waals surface area contributed by atoms with Gasteiger partial charge in [-0.05, 0) is 37.1 Å². The molecule has 0 aliphatic carbocycles. The Morgan fingerprint density at radius 2 is 2.00 bits per heavy atom. The Kier molecular flexibility index (Phi) is 6.23. The number of rotatable bonds is 5. The highest BCUT2D eigenvalue weighted by Crippen LogP contribution is 2.47. The quantitative estimate of drug-likeness (QED) is 0.393. The van der Waals surface area contributed by atoms with Gasteiger partial charge in [0.15, 0.2) is 0 Å². The van der Waals surface area contributed by atoms with Crippen LogP contribution in [0.5, 0.6) is 0 Å². The number of anilines is 1. The van der Waals surface area contributed by atoms with E-state index in [9.17, 15) is 9.59 Å². The zero-order valence-corrected chi connectivity index (χ0v) is 22.6. The summed E-state index contributed by atoms with van der Waals surface area (Å²) in [6.45, 7) is 10.6. The fraction of sp³-hybridized carbons (Fsp3) is 0.357. The number of amides is 1.